The molecular formula is C8H8N4O3. The number of aromatic amines is 1. The van der Waals surface area contributed by atoms with Gasteiger partial charge in [-0.05, 0) is 6.92 Å². The summed E-state index contributed by atoms with van der Waals surface area (Å²) in [5.41, 5.74) is -0.154. The molecule has 0 aliphatic carbocycles. The van der Waals surface area contributed by atoms with Crippen molar-refractivity contribution in [2.75, 3.05) is 6.61 Å². The third-order valence-electron chi connectivity index (χ3n) is 1.79. The highest BCUT2D eigenvalue weighted by Crippen LogP contribution is 2.02. The molecule has 0 unspecified atom stereocenters. The van der Waals surface area contributed by atoms with Crippen LogP contribution < -0.4 is 5.56 Å². The number of aromatic nitrogens is 4. The molecule has 0 spiro atoms. The molecular weight excluding hydrogens is 200 g/mol. The van der Waals surface area contributed by atoms with Crippen LogP contribution in [0.4, 0.5) is 0 Å². The number of ether oxygens (including phenoxy) is 1. The van der Waals surface area contributed by atoms with Gasteiger partial charge in [0, 0.05) is 12.3 Å². The van der Waals surface area contributed by atoms with E-state index in [-0.39, 0.29) is 23.5 Å². The minimum atomic E-state index is -0.602. The Hall–Kier alpha value is -2.18. The van der Waals surface area contributed by atoms with Gasteiger partial charge in [0.25, 0.3) is 5.56 Å². The van der Waals surface area contributed by atoms with E-state index in [1.54, 1.807) is 6.92 Å². The third-order valence-corrected chi connectivity index (χ3v) is 1.79. The topological polar surface area (TPSA) is 89.4 Å². The number of hydrogen-bond acceptors (Lipinski definition) is 5. The second kappa shape index (κ2) is 3.52. The van der Waals surface area contributed by atoms with Crippen LogP contribution in [0.5, 0.6) is 0 Å². The molecule has 0 saturated carbocycles. The van der Waals surface area contributed by atoms with E-state index in [2.05, 4.69) is 15.3 Å². The Morgan fingerprint density at radius 1 is 1.67 bits per heavy atom. The monoisotopic (exact) mass is 208 g/mol. The number of carbonyl (C=O) groups is 1. The summed E-state index contributed by atoms with van der Waals surface area (Å²) in [7, 11) is 0. The summed E-state index contributed by atoms with van der Waals surface area (Å²) in [6.07, 6.45) is 1.32. The van der Waals surface area contributed by atoms with Gasteiger partial charge in [-0.3, -0.25) is 4.79 Å². The molecule has 0 fully saturated rings. The SMILES string of the molecule is CCOC(=O)c1n[nH]n2c(=O)ccnc12. The van der Waals surface area contributed by atoms with E-state index >= 15 is 0 Å². The molecule has 15 heavy (non-hydrogen) atoms. The average molecular weight is 208 g/mol. The van der Waals surface area contributed by atoms with E-state index in [0.717, 1.165) is 4.52 Å². The molecule has 0 aliphatic rings. The van der Waals surface area contributed by atoms with E-state index in [4.69, 9.17) is 4.74 Å². The third kappa shape index (κ3) is 1.47. The normalized spacial score (nSPS) is 10.5. The van der Waals surface area contributed by atoms with Crippen molar-refractivity contribution in [3.63, 3.8) is 0 Å². The fourth-order valence-electron chi connectivity index (χ4n) is 1.16. The highest BCUT2D eigenvalue weighted by atomic mass is 16.5. The number of carbonyl (C=O) groups excluding carboxylic acids is 1. The van der Waals surface area contributed by atoms with Crippen LogP contribution in [-0.4, -0.2) is 32.4 Å². The van der Waals surface area contributed by atoms with Crippen LogP contribution in [0.1, 0.15) is 17.4 Å². The Balaban J connectivity index is 2.59. The number of nitrogens with zero attached hydrogens (tertiary/aromatic N) is 3. The zero-order valence-corrected chi connectivity index (χ0v) is 7.93. The van der Waals surface area contributed by atoms with Gasteiger partial charge in [-0.1, -0.05) is 0 Å². The van der Waals surface area contributed by atoms with Gasteiger partial charge >= 0.3 is 5.97 Å². The number of H-pyrrole nitrogens is 1. The molecule has 0 saturated heterocycles. The van der Waals surface area contributed by atoms with Crippen LogP contribution in [-0.2, 0) is 4.74 Å². The zero-order chi connectivity index (χ0) is 10.8. The zero-order valence-electron chi connectivity index (χ0n) is 7.93. The first kappa shape index (κ1) is 9.38. The van der Waals surface area contributed by atoms with Gasteiger partial charge in [-0.2, -0.15) is 4.52 Å². The van der Waals surface area contributed by atoms with E-state index in [1.807, 2.05) is 0 Å². The number of nitrogens with one attached hydrogen (secondary N) is 1. The van der Waals surface area contributed by atoms with E-state index in [1.165, 1.54) is 12.3 Å². The lowest BCUT2D eigenvalue weighted by atomic mass is 10.4. The lowest BCUT2D eigenvalue weighted by Gasteiger charge is -1.96. The summed E-state index contributed by atoms with van der Waals surface area (Å²) < 4.78 is 5.83. The van der Waals surface area contributed by atoms with Crippen molar-refractivity contribution < 1.29 is 9.53 Å². The second-order valence-corrected chi connectivity index (χ2v) is 2.72. The quantitative estimate of drug-likeness (QED) is 0.678. The summed E-state index contributed by atoms with van der Waals surface area (Å²) in [6, 6.07) is 1.26. The Morgan fingerprint density at radius 2 is 2.47 bits per heavy atom. The molecule has 0 atom stereocenters. The van der Waals surface area contributed by atoms with Gasteiger partial charge in [0.2, 0.25) is 5.69 Å². The lowest BCUT2D eigenvalue weighted by Crippen LogP contribution is -2.13. The number of fused-ring (bicyclic) bond motifs is 1. The molecule has 1 N–H and O–H groups in total. The predicted molar refractivity (Wildman–Crippen MR) is 49.6 cm³/mol. The van der Waals surface area contributed by atoms with Crippen LogP contribution in [0.3, 0.4) is 0 Å². The molecule has 0 radical (unpaired) electrons. The molecule has 7 nitrogen and oxygen atoms in total. The lowest BCUT2D eigenvalue weighted by molar-refractivity contribution is 0.0521. The largest absolute Gasteiger partial charge is 0.461 e. The highest BCUT2D eigenvalue weighted by molar-refractivity contribution is 5.93. The van der Waals surface area contributed by atoms with Crippen molar-refractivity contribution >= 4 is 11.6 Å². The standard InChI is InChI=1S/C8H8N4O3/c1-2-15-8(14)6-7-9-4-3-5(13)12(7)11-10-6/h3-4,11H,2H2,1H3. The maximum absolute atomic E-state index is 11.4. The van der Waals surface area contributed by atoms with Crippen molar-refractivity contribution in [1.29, 1.82) is 0 Å². The number of esters is 1. The van der Waals surface area contributed by atoms with Crippen molar-refractivity contribution in [2.24, 2.45) is 0 Å². The summed E-state index contributed by atoms with van der Waals surface area (Å²) in [6.45, 7) is 1.93. The second-order valence-electron chi connectivity index (χ2n) is 2.72. The summed E-state index contributed by atoms with van der Waals surface area (Å²) in [5.74, 6) is -0.602. The molecule has 78 valence electrons. The molecule has 0 bridgehead atoms. The molecule has 0 aromatic carbocycles. The predicted octanol–water partition coefficient (Wildman–Crippen LogP) is -0.406. The smallest absolute Gasteiger partial charge is 0.362 e. The van der Waals surface area contributed by atoms with Crippen molar-refractivity contribution in [1.82, 2.24) is 19.8 Å². The molecule has 7 heteroatoms. The van der Waals surface area contributed by atoms with Gasteiger partial charge in [0.05, 0.1) is 6.61 Å². The first-order valence-electron chi connectivity index (χ1n) is 4.33. The van der Waals surface area contributed by atoms with Crippen LogP contribution >= 0.6 is 0 Å². The van der Waals surface area contributed by atoms with Gasteiger partial charge in [-0.25, -0.2) is 15.0 Å². The first-order valence-corrected chi connectivity index (χ1v) is 4.33. The number of rotatable bonds is 2. The van der Waals surface area contributed by atoms with Crippen molar-refractivity contribution in [2.45, 2.75) is 6.92 Å². The molecule has 0 amide bonds. The fourth-order valence-corrected chi connectivity index (χ4v) is 1.16. The van der Waals surface area contributed by atoms with Crippen LogP contribution in [0.25, 0.3) is 5.65 Å². The van der Waals surface area contributed by atoms with Gasteiger partial charge < -0.3 is 4.74 Å². The molecule has 2 heterocycles. The summed E-state index contributed by atoms with van der Waals surface area (Å²) in [4.78, 5) is 26.5. The Bertz CT molecular complexity index is 556. The summed E-state index contributed by atoms with van der Waals surface area (Å²) >= 11 is 0. The van der Waals surface area contributed by atoms with Crippen LogP contribution in [0.15, 0.2) is 17.1 Å². The van der Waals surface area contributed by atoms with E-state index in [0.29, 0.717) is 0 Å². The first-order chi connectivity index (χ1) is 7.24. The molecule has 0 aliphatic heterocycles. The Labute approximate surface area is 83.7 Å². The Morgan fingerprint density at radius 3 is 3.20 bits per heavy atom. The van der Waals surface area contributed by atoms with Crippen molar-refractivity contribution in [3.8, 4) is 0 Å². The maximum atomic E-state index is 11.4. The molecule has 2 aromatic rings. The van der Waals surface area contributed by atoms with E-state index < -0.39 is 5.97 Å². The van der Waals surface area contributed by atoms with Crippen LogP contribution in [0.2, 0.25) is 0 Å². The van der Waals surface area contributed by atoms with Crippen molar-refractivity contribution in [3.05, 3.63) is 28.3 Å². The van der Waals surface area contributed by atoms with Crippen LogP contribution in [0, 0.1) is 0 Å². The highest BCUT2D eigenvalue weighted by Gasteiger charge is 2.16. The average Bonchev–Trinajstić information content (AvgIpc) is 2.63. The number of hydrogen-bond donors (Lipinski definition) is 1. The molecule has 2 aromatic heterocycles. The maximum Gasteiger partial charge on any atom is 0.362 e. The van der Waals surface area contributed by atoms with Gasteiger partial charge in [0.15, 0.2) is 5.65 Å². The molecule has 2 rings (SSSR count). The minimum Gasteiger partial charge on any atom is -0.461 e. The van der Waals surface area contributed by atoms with E-state index in [9.17, 15) is 9.59 Å². The Kier molecular flexibility index (Phi) is 2.20. The fraction of sp³-hybridized carbons (Fsp3) is 0.250. The van der Waals surface area contributed by atoms with Gasteiger partial charge in [0.1, 0.15) is 0 Å². The minimum absolute atomic E-state index is 0.00884. The van der Waals surface area contributed by atoms with Gasteiger partial charge in [-0.15, -0.1) is 5.10 Å². The summed E-state index contributed by atoms with van der Waals surface area (Å²) in [5, 5.41) is 6.06.